The lowest BCUT2D eigenvalue weighted by molar-refractivity contribution is -0.189. The topological polar surface area (TPSA) is 22.1 Å². The maximum Gasteiger partial charge on any atom is 0.432 e. The summed E-state index contributed by atoms with van der Waals surface area (Å²) in [6.45, 7) is 2.29. The van der Waals surface area contributed by atoms with E-state index in [0.29, 0.717) is 23.6 Å². The second kappa shape index (κ2) is 10.8. The van der Waals surface area contributed by atoms with Gasteiger partial charge in [0, 0.05) is 17.7 Å². The maximum absolute atomic E-state index is 14.8. The highest BCUT2D eigenvalue weighted by atomic mass is 32.1. The van der Waals surface area contributed by atoms with Crippen LogP contribution in [-0.4, -0.2) is 4.98 Å². The summed E-state index contributed by atoms with van der Waals surface area (Å²) in [7, 11) is 0. The lowest BCUT2D eigenvalue weighted by Crippen LogP contribution is -2.25. The predicted molar refractivity (Wildman–Crippen MR) is 135 cm³/mol. The van der Waals surface area contributed by atoms with Crippen LogP contribution in [0.2, 0.25) is 0 Å². The average molecular weight is 568 g/mol. The van der Waals surface area contributed by atoms with Gasteiger partial charge in [0.1, 0.15) is 28.0 Å². The number of ether oxygens (including phenoxy) is 1. The highest BCUT2D eigenvalue weighted by Gasteiger charge is 2.41. The smallest absolute Gasteiger partial charge is 0.429 e. The van der Waals surface area contributed by atoms with Gasteiger partial charge in [0.2, 0.25) is 0 Å². The molecule has 0 spiro atoms. The van der Waals surface area contributed by atoms with Gasteiger partial charge in [-0.25, -0.2) is 26.9 Å². The van der Waals surface area contributed by atoms with Crippen molar-refractivity contribution in [2.24, 2.45) is 11.8 Å². The summed E-state index contributed by atoms with van der Waals surface area (Å²) >= 11 is 1.18. The van der Waals surface area contributed by atoms with Gasteiger partial charge < -0.3 is 4.74 Å². The lowest BCUT2D eigenvalue weighted by Gasteiger charge is -2.26. The van der Waals surface area contributed by atoms with E-state index in [4.69, 9.17) is 0 Å². The quantitative estimate of drug-likeness (QED) is 0.164. The summed E-state index contributed by atoms with van der Waals surface area (Å²) in [6.07, 6.45) is 2.35. The Morgan fingerprint density at radius 1 is 0.872 bits per heavy atom. The minimum absolute atomic E-state index is 0.0532. The molecule has 1 aliphatic carbocycles. The number of alkyl halides is 2. The van der Waals surface area contributed by atoms with Gasteiger partial charge in [-0.2, -0.15) is 8.78 Å². The molecule has 4 aromatic rings. The third-order valence-corrected chi connectivity index (χ3v) is 8.28. The van der Waals surface area contributed by atoms with Crippen LogP contribution in [0.4, 0.5) is 30.7 Å². The fourth-order valence-corrected chi connectivity index (χ4v) is 6.02. The van der Waals surface area contributed by atoms with E-state index in [2.05, 4.69) is 16.6 Å². The number of fused-ring (bicyclic) bond motifs is 1. The van der Waals surface area contributed by atoms with Crippen molar-refractivity contribution in [3.63, 3.8) is 0 Å². The van der Waals surface area contributed by atoms with Gasteiger partial charge in [-0.3, -0.25) is 0 Å². The van der Waals surface area contributed by atoms with Gasteiger partial charge in [0.25, 0.3) is 0 Å². The molecule has 1 saturated carbocycles. The first-order chi connectivity index (χ1) is 18.5. The summed E-state index contributed by atoms with van der Waals surface area (Å²) < 4.78 is 104. The van der Waals surface area contributed by atoms with Crippen molar-refractivity contribution < 1.29 is 35.5 Å². The lowest BCUT2D eigenvalue weighted by atomic mass is 9.80. The Balaban J connectivity index is 1.35. The number of benzene rings is 3. The van der Waals surface area contributed by atoms with E-state index in [9.17, 15) is 30.7 Å². The molecule has 1 aromatic heterocycles. The van der Waals surface area contributed by atoms with Gasteiger partial charge in [0.15, 0.2) is 17.5 Å². The molecular weight excluding hydrogens is 543 g/mol. The predicted octanol–water partition coefficient (Wildman–Crippen LogP) is 9.55. The van der Waals surface area contributed by atoms with Gasteiger partial charge in [-0.1, -0.05) is 38.7 Å². The highest BCUT2D eigenvalue weighted by molar-refractivity contribution is 7.21. The van der Waals surface area contributed by atoms with Crippen LogP contribution >= 0.6 is 11.3 Å². The zero-order valence-corrected chi connectivity index (χ0v) is 21.7. The number of thiazole rings is 1. The maximum atomic E-state index is 14.8. The largest absolute Gasteiger partial charge is 0.432 e. The summed E-state index contributed by atoms with van der Waals surface area (Å²) in [4.78, 5) is 4.40. The SMILES string of the molecule is CC1CCC(CCc2ccc3nc(-c4cc(F)c(C(F)(F)Oc5cc(F)c(F)c(F)c5)c(F)c4)sc3c2)CC1. The second-order valence-corrected chi connectivity index (χ2v) is 11.2. The fourth-order valence-electron chi connectivity index (χ4n) is 5.00. The number of rotatable bonds is 7. The first kappa shape index (κ1) is 27.4. The number of aryl methyl sites for hydroxylation is 1. The van der Waals surface area contributed by atoms with Crippen LogP contribution in [0, 0.1) is 40.9 Å². The number of aromatic nitrogens is 1. The highest BCUT2D eigenvalue weighted by Crippen LogP contribution is 2.39. The van der Waals surface area contributed by atoms with Crippen molar-refractivity contribution in [1.82, 2.24) is 4.98 Å². The Kier molecular flexibility index (Phi) is 7.59. The Morgan fingerprint density at radius 2 is 1.51 bits per heavy atom. The van der Waals surface area contributed by atoms with Crippen molar-refractivity contribution in [2.75, 3.05) is 0 Å². The van der Waals surface area contributed by atoms with Gasteiger partial charge in [-0.05, 0) is 54.5 Å². The molecule has 3 aromatic carbocycles. The molecule has 2 nitrogen and oxygen atoms in total. The zero-order valence-electron chi connectivity index (χ0n) is 20.8. The van der Waals surface area contributed by atoms with Crippen LogP contribution in [0.25, 0.3) is 20.8 Å². The monoisotopic (exact) mass is 567 g/mol. The van der Waals surface area contributed by atoms with Crippen LogP contribution in [0.15, 0.2) is 42.5 Å². The van der Waals surface area contributed by atoms with Gasteiger partial charge >= 0.3 is 6.11 Å². The summed E-state index contributed by atoms with van der Waals surface area (Å²) in [6, 6.07) is 7.50. The van der Waals surface area contributed by atoms with Gasteiger partial charge in [0.05, 0.1) is 10.2 Å². The molecule has 0 radical (unpaired) electrons. The Hall–Kier alpha value is -3.14. The van der Waals surface area contributed by atoms with Crippen LogP contribution in [0.5, 0.6) is 5.75 Å². The molecule has 0 amide bonds. The Morgan fingerprint density at radius 3 is 2.15 bits per heavy atom. The number of halogens is 7. The third-order valence-electron chi connectivity index (χ3n) is 7.21. The summed E-state index contributed by atoms with van der Waals surface area (Å²) in [5.41, 5.74) is -0.0574. The summed E-state index contributed by atoms with van der Waals surface area (Å²) in [5.74, 6) is -8.39. The van der Waals surface area contributed by atoms with E-state index >= 15 is 0 Å². The molecule has 0 saturated heterocycles. The second-order valence-electron chi connectivity index (χ2n) is 10.1. The molecule has 0 unspecified atom stereocenters. The van der Waals surface area contributed by atoms with Gasteiger partial charge in [-0.15, -0.1) is 11.3 Å². The number of nitrogens with zero attached hydrogens (tertiary/aromatic N) is 1. The van der Waals surface area contributed by atoms with E-state index in [0.717, 1.165) is 29.0 Å². The Bertz CT molecular complexity index is 1470. The molecule has 0 N–H and O–H groups in total. The van der Waals surface area contributed by atoms with Crippen molar-refractivity contribution in [3.8, 4) is 16.3 Å². The van der Waals surface area contributed by atoms with E-state index in [1.165, 1.54) is 37.0 Å². The molecular formula is C29H24F7NOS. The van der Waals surface area contributed by atoms with Crippen LogP contribution < -0.4 is 4.74 Å². The van der Waals surface area contributed by atoms with E-state index < -0.39 is 46.5 Å². The number of hydrogen-bond acceptors (Lipinski definition) is 3. The minimum atomic E-state index is -4.65. The molecule has 10 heteroatoms. The van der Waals surface area contributed by atoms with Crippen molar-refractivity contribution in [2.45, 2.75) is 51.6 Å². The molecule has 39 heavy (non-hydrogen) atoms. The molecule has 0 atom stereocenters. The third kappa shape index (κ3) is 5.90. The first-order valence-corrected chi connectivity index (χ1v) is 13.4. The van der Waals surface area contributed by atoms with Crippen LogP contribution in [0.3, 0.4) is 0 Å². The molecule has 5 rings (SSSR count). The molecule has 1 aliphatic rings. The number of hydrogen-bond donors (Lipinski definition) is 0. The van der Waals surface area contributed by atoms with E-state index in [-0.39, 0.29) is 22.7 Å². The van der Waals surface area contributed by atoms with Crippen molar-refractivity contribution in [1.29, 1.82) is 0 Å². The summed E-state index contributed by atoms with van der Waals surface area (Å²) in [5, 5.41) is 0.236. The normalized spacial score (nSPS) is 18.1. The molecule has 1 fully saturated rings. The zero-order chi connectivity index (χ0) is 27.9. The average Bonchev–Trinajstić information content (AvgIpc) is 3.29. The molecule has 1 heterocycles. The van der Waals surface area contributed by atoms with Crippen molar-refractivity contribution >= 4 is 21.6 Å². The standard InChI is InChI=1S/C29H24F7NOS/c1-15-2-4-16(5-3-15)6-7-17-8-9-24-25(10-17)39-28(37-24)18-11-20(30)26(21(31)12-18)29(35,36)38-19-13-22(32)27(34)23(33)14-19/h8-16H,2-7H2,1H3. The van der Waals surface area contributed by atoms with Crippen LogP contribution in [-0.2, 0) is 12.5 Å². The van der Waals surface area contributed by atoms with Crippen molar-refractivity contribution in [3.05, 3.63) is 82.7 Å². The fraction of sp³-hybridized carbons (Fsp3) is 0.345. The van der Waals surface area contributed by atoms with E-state index in [1.807, 2.05) is 18.2 Å². The Labute approximate surface area is 224 Å². The van der Waals surface area contributed by atoms with E-state index in [1.54, 1.807) is 0 Å². The molecule has 0 aliphatic heterocycles. The first-order valence-electron chi connectivity index (χ1n) is 12.6. The molecule has 0 bridgehead atoms. The van der Waals surface area contributed by atoms with Crippen LogP contribution in [0.1, 0.15) is 50.2 Å². The minimum Gasteiger partial charge on any atom is -0.429 e. The molecule has 206 valence electrons.